The fraction of sp³-hybridized carbons (Fsp3) is 0.765. The third-order valence-electron chi connectivity index (χ3n) is 5.36. The van der Waals surface area contributed by atoms with Gasteiger partial charge in [-0.2, -0.15) is 0 Å². The second kappa shape index (κ2) is 6.20. The first-order chi connectivity index (χ1) is 10.2. The summed E-state index contributed by atoms with van der Waals surface area (Å²) < 4.78 is 0. The minimum atomic E-state index is 0.0300. The fourth-order valence-corrected chi connectivity index (χ4v) is 4.08. The second-order valence-corrected chi connectivity index (χ2v) is 6.74. The molecule has 116 valence electrons. The van der Waals surface area contributed by atoms with E-state index in [1.54, 1.807) is 0 Å². The van der Waals surface area contributed by atoms with Crippen LogP contribution in [0.2, 0.25) is 0 Å². The number of allylic oxidation sites excluding steroid dienone is 2. The van der Waals surface area contributed by atoms with Crippen LogP contribution >= 0.6 is 0 Å². The fourth-order valence-electron chi connectivity index (χ4n) is 4.08. The number of nitrogens with zero attached hydrogens (tertiary/aromatic N) is 2. The number of fused-ring (bicyclic) bond motifs is 1. The first kappa shape index (κ1) is 14.6. The smallest absolute Gasteiger partial charge is 0.227 e. The summed E-state index contributed by atoms with van der Waals surface area (Å²) in [5.41, 5.74) is 0. The average Bonchev–Trinajstić information content (AvgIpc) is 2.97. The van der Waals surface area contributed by atoms with Gasteiger partial charge >= 0.3 is 0 Å². The molecule has 0 aromatic heterocycles. The van der Waals surface area contributed by atoms with Gasteiger partial charge in [-0.3, -0.25) is 9.59 Å². The van der Waals surface area contributed by atoms with Crippen LogP contribution < -0.4 is 0 Å². The van der Waals surface area contributed by atoms with Crippen LogP contribution in [-0.2, 0) is 9.59 Å². The van der Waals surface area contributed by atoms with Crippen molar-refractivity contribution in [1.29, 1.82) is 0 Å². The Balaban J connectivity index is 1.59. The predicted octanol–water partition coefficient (Wildman–Crippen LogP) is 2.06. The van der Waals surface area contributed by atoms with Crippen molar-refractivity contribution >= 4 is 11.8 Å². The third-order valence-corrected chi connectivity index (χ3v) is 5.36. The van der Waals surface area contributed by atoms with Crippen molar-refractivity contribution in [3.8, 4) is 0 Å². The van der Waals surface area contributed by atoms with Crippen molar-refractivity contribution in [2.75, 3.05) is 26.2 Å². The van der Waals surface area contributed by atoms with Gasteiger partial charge in [-0.25, -0.2) is 0 Å². The zero-order valence-corrected chi connectivity index (χ0v) is 13.0. The highest BCUT2D eigenvalue weighted by atomic mass is 16.2. The molecule has 0 N–H and O–H groups in total. The lowest BCUT2D eigenvalue weighted by Gasteiger charge is -2.34. The lowest BCUT2D eigenvalue weighted by Crippen LogP contribution is -2.46. The Morgan fingerprint density at radius 2 is 1.71 bits per heavy atom. The zero-order valence-electron chi connectivity index (χ0n) is 13.0. The molecule has 0 spiro atoms. The first-order valence-electron chi connectivity index (χ1n) is 8.40. The van der Waals surface area contributed by atoms with E-state index in [0.29, 0.717) is 24.8 Å². The molecule has 2 heterocycles. The number of rotatable bonds is 2. The van der Waals surface area contributed by atoms with Gasteiger partial charge in [-0.1, -0.05) is 19.1 Å². The molecule has 2 aliphatic heterocycles. The minimum Gasteiger partial charge on any atom is -0.342 e. The molecule has 21 heavy (non-hydrogen) atoms. The molecule has 2 saturated heterocycles. The number of carbonyl (C=O) groups excluding carboxylic acids is 2. The molecule has 1 aliphatic carbocycles. The van der Waals surface area contributed by atoms with Crippen LogP contribution in [0.5, 0.6) is 0 Å². The van der Waals surface area contributed by atoms with Crippen molar-refractivity contribution in [3.05, 3.63) is 12.2 Å². The van der Waals surface area contributed by atoms with Gasteiger partial charge in [0.2, 0.25) is 11.8 Å². The molecular formula is C17H26N2O2. The summed E-state index contributed by atoms with van der Waals surface area (Å²) in [7, 11) is 0. The van der Waals surface area contributed by atoms with E-state index in [2.05, 4.69) is 17.1 Å². The SMILES string of the molecule is CCC(=O)N1CCCC(C(=O)N2CC3CC=CCC3C2)C1. The van der Waals surface area contributed by atoms with Crippen LogP contribution in [0.25, 0.3) is 0 Å². The van der Waals surface area contributed by atoms with E-state index in [9.17, 15) is 9.59 Å². The van der Waals surface area contributed by atoms with Crippen molar-refractivity contribution in [3.63, 3.8) is 0 Å². The van der Waals surface area contributed by atoms with E-state index >= 15 is 0 Å². The van der Waals surface area contributed by atoms with Crippen molar-refractivity contribution in [1.82, 2.24) is 9.80 Å². The predicted molar refractivity (Wildman–Crippen MR) is 81.5 cm³/mol. The molecule has 0 radical (unpaired) electrons. The van der Waals surface area contributed by atoms with Crippen molar-refractivity contribution in [2.24, 2.45) is 17.8 Å². The van der Waals surface area contributed by atoms with Gasteiger partial charge in [0.15, 0.2) is 0 Å². The molecule has 4 nitrogen and oxygen atoms in total. The standard InChI is InChI=1S/C17H26N2O2/c1-2-16(20)18-9-5-8-15(12-18)17(21)19-10-13-6-3-4-7-14(13)11-19/h3-4,13-15H,2,5-12H2,1H3. The Morgan fingerprint density at radius 3 is 2.33 bits per heavy atom. The van der Waals surface area contributed by atoms with Gasteiger partial charge in [0.25, 0.3) is 0 Å². The summed E-state index contributed by atoms with van der Waals surface area (Å²) in [4.78, 5) is 28.6. The Labute approximate surface area is 127 Å². The molecule has 3 rings (SSSR count). The molecule has 0 aromatic carbocycles. The van der Waals surface area contributed by atoms with Crippen LogP contribution in [0.3, 0.4) is 0 Å². The topological polar surface area (TPSA) is 40.6 Å². The van der Waals surface area contributed by atoms with Gasteiger partial charge in [0.1, 0.15) is 0 Å². The molecule has 3 unspecified atom stereocenters. The van der Waals surface area contributed by atoms with Crippen LogP contribution in [0.15, 0.2) is 12.2 Å². The highest BCUT2D eigenvalue weighted by Crippen LogP contribution is 2.34. The summed E-state index contributed by atoms with van der Waals surface area (Å²) >= 11 is 0. The maximum Gasteiger partial charge on any atom is 0.227 e. The van der Waals surface area contributed by atoms with Crippen LogP contribution in [0, 0.1) is 17.8 Å². The Kier molecular flexibility index (Phi) is 4.32. The third kappa shape index (κ3) is 2.99. The Morgan fingerprint density at radius 1 is 1.05 bits per heavy atom. The molecular weight excluding hydrogens is 264 g/mol. The van der Waals surface area contributed by atoms with Gasteiger partial charge < -0.3 is 9.80 Å². The first-order valence-corrected chi connectivity index (χ1v) is 8.40. The van der Waals surface area contributed by atoms with Gasteiger partial charge in [0.05, 0.1) is 5.92 Å². The number of likely N-dealkylation sites (tertiary alicyclic amines) is 2. The van der Waals surface area contributed by atoms with E-state index in [1.807, 2.05) is 11.8 Å². The summed E-state index contributed by atoms with van der Waals surface area (Å²) in [6.07, 6.45) is 9.22. The number of piperidine rings is 1. The molecule has 0 aromatic rings. The zero-order chi connectivity index (χ0) is 14.8. The van der Waals surface area contributed by atoms with Gasteiger partial charge in [0, 0.05) is 32.6 Å². The van der Waals surface area contributed by atoms with Crippen molar-refractivity contribution in [2.45, 2.75) is 39.0 Å². The molecule has 0 bridgehead atoms. The van der Waals surface area contributed by atoms with E-state index in [0.717, 1.165) is 45.3 Å². The monoisotopic (exact) mass is 290 g/mol. The lowest BCUT2D eigenvalue weighted by molar-refractivity contribution is -0.140. The Hall–Kier alpha value is -1.32. The molecule has 2 amide bonds. The van der Waals surface area contributed by atoms with Gasteiger partial charge in [-0.05, 0) is 37.5 Å². The largest absolute Gasteiger partial charge is 0.342 e. The van der Waals surface area contributed by atoms with Crippen LogP contribution in [-0.4, -0.2) is 47.8 Å². The van der Waals surface area contributed by atoms with E-state index in [1.165, 1.54) is 0 Å². The maximum absolute atomic E-state index is 12.8. The molecule has 3 aliphatic rings. The second-order valence-electron chi connectivity index (χ2n) is 6.74. The summed E-state index contributed by atoms with van der Waals surface area (Å²) in [6.45, 7) is 5.20. The van der Waals surface area contributed by atoms with Crippen LogP contribution in [0.1, 0.15) is 39.0 Å². The normalized spacial score (nSPS) is 32.1. The minimum absolute atomic E-state index is 0.0300. The summed E-state index contributed by atoms with van der Waals surface area (Å²) in [5, 5.41) is 0. The lowest BCUT2D eigenvalue weighted by atomic mass is 9.86. The van der Waals surface area contributed by atoms with Crippen LogP contribution in [0.4, 0.5) is 0 Å². The molecule has 3 atom stereocenters. The van der Waals surface area contributed by atoms with E-state index < -0.39 is 0 Å². The van der Waals surface area contributed by atoms with E-state index in [-0.39, 0.29) is 17.7 Å². The number of carbonyl (C=O) groups is 2. The Bertz CT molecular complexity index is 430. The number of amides is 2. The maximum atomic E-state index is 12.8. The number of hydrogen-bond acceptors (Lipinski definition) is 2. The number of hydrogen-bond donors (Lipinski definition) is 0. The van der Waals surface area contributed by atoms with Crippen molar-refractivity contribution < 1.29 is 9.59 Å². The highest BCUT2D eigenvalue weighted by Gasteiger charge is 2.38. The molecule has 4 heteroatoms. The van der Waals surface area contributed by atoms with Gasteiger partial charge in [-0.15, -0.1) is 0 Å². The summed E-state index contributed by atoms with van der Waals surface area (Å²) in [6, 6.07) is 0. The quantitative estimate of drug-likeness (QED) is 0.730. The van der Waals surface area contributed by atoms with E-state index in [4.69, 9.17) is 0 Å². The molecule has 0 saturated carbocycles. The highest BCUT2D eigenvalue weighted by molar-refractivity contribution is 5.81. The molecule has 2 fully saturated rings. The summed E-state index contributed by atoms with van der Waals surface area (Å²) in [5.74, 6) is 1.83. The average molecular weight is 290 g/mol.